The zero-order chi connectivity index (χ0) is 17.9. The molecule has 0 aromatic carbocycles. The van der Waals surface area contributed by atoms with Crippen molar-refractivity contribution in [3.8, 4) is 0 Å². The quantitative estimate of drug-likeness (QED) is 0.0936. The average molecular weight is 344 g/mol. The molecule has 1 aliphatic heterocycles. The van der Waals surface area contributed by atoms with Crippen LogP contribution in [0.4, 0.5) is 0 Å². The molecule has 1 amide bonds. The summed E-state index contributed by atoms with van der Waals surface area (Å²) >= 11 is 0. The van der Waals surface area contributed by atoms with Crippen LogP contribution in [-0.2, 0) is 14.3 Å². The number of carbonyl (C=O) groups is 1. The number of carbonyl (C=O) groups excluding carboxylic acids is 1. The molecular formula is C10H20N2O11. The Labute approximate surface area is 129 Å². The van der Waals surface area contributed by atoms with E-state index < -0.39 is 61.4 Å². The molecule has 0 radical (unpaired) electrons. The molecule has 8 atom stereocenters. The van der Waals surface area contributed by atoms with Crippen LogP contribution in [0.2, 0.25) is 0 Å². The third-order valence-corrected chi connectivity index (χ3v) is 3.20. The van der Waals surface area contributed by atoms with Gasteiger partial charge in [-0.3, -0.25) is 10.2 Å². The lowest BCUT2D eigenvalue weighted by atomic mass is 10.0. The first-order chi connectivity index (χ1) is 10.6. The van der Waals surface area contributed by atoms with Crippen LogP contribution >= 0.6 is 0 Å². The summed E-state index contributed by atoms with van der Waals surface area (Å²) in [5.41, 5.74) is 1.51. The predicted octanol–water partition coefficient (Wildman–Crippen LogP) is -6.85. The van der Waals surface area contributed by atoms with Gasteiger partial charge in [-0.2, -0.15) is 0 Å². The number of amides is 1. The van der Waals surface area contributed by atoms with Crippen LogP contribution in [0.3, 0.4) is 0 Å². The molecule has 23 heavy (non-hydrogen) atoms. The van der Waals surface area contributed by atoms with Crippen molar-refractivity contribution in [2.24, 2.45) is 5.84 Å². The number of nitrogens with one attached hydrogen (secondary N) is 1. The van der Waals surface area contributed by atoms with Crippen molar-refractivity contribution in [2.75, 3.05) is 0 Å². The lowest BCUT2D eigenvalue weighted by Crippen LogP contribution is -2.61. The fourth-order valence-corrected chi connectivity index (χ4v) is 1.84. The maximum absolute atomic E-state index is 11.1. The van der Waals surface area contributed by atoms with E-state index in [1.54, 1.807) is 0 Å². The largest absolute Gasteiger partial charge is 0.387 e. The van der Waals surface area contributed by atoms with Gasteiger partial charge in [-0.15, -0.1) is 0 Å². The number of nitrogens with two attached hydrogens (primary N) is 1. The molecule has 11 N–H and O–H groups in total. The van der Waals surface area contributed by atoms with Gasteiger partial charge in [-0.05, 0) is 0 Å². The molecule has 0 aromatic rings. The van der Waals surface area contributed by atoms with E-state index in [1.165, 1.54) is 5.43 Å². The predicted molar refractivity (Wildman–Crippen MR) is 66.3 cm³/mol. The SMILES string of the molecule is NNC(=O)C(O)C(O)C(OC1OC(O)C(O)C(O)[C@@H]1O)C(O)O. The number of aliphatic hydroxyl groups excluding tert-OH is 7. The number of hydrazine groups is 1. The first-order valence-electron chi connectivity index (χ1n) is 6.37. The van der Waals surface area contributed by atoms with Crippen molar-refractivity contribution in [3.05, 3.63) is 0 Å². The third kappa shape index (κ3) is 4.52. The van der Waals surface area contributed by atoms with Crippen molar-refractivity contribution in [1.29, 1.82) is 0 Å². The molecule has 136 valence electrons. The first kappa shape index (κ1) is 20.1. The Bertz CT molecular complexity index is 397. The highest BCUT2D eigenvalue weighted by Crippen LogP contribution is 2.23. The molecule has 7 unspecified atom stereocenters. The maximum Gasteiger partial charge on any atom is 0.265 e. The summed E-state index contributed by atoms with van der Waals surface area (Å²) in [6, 6.07) is 0. The van der Waals surface area contributed by atoms with Gasteiger partial charge in [0, 0.05) is 0 Å². The van der Waals surface area contributed by atoms with Crippen LogP contribution < -0.4 is 11.3 Å². The van der Waals surface area contributed by atoms with Gasteiger partial charge >= 0.3 is 0 Å². The molecule has 1 heterocycles. The van der Waals surface area contributed by atoms with Crippen LogP contribution in [-0.4, -0.2) is 102 Å². The van der Waals surface area contributed by atoms with Gasteiger partial charge in [-0.1, -0.05) is 0 Å². The number of rotatable bonds is 6. The number of hydrogen-bond donors (Lipinski definition) is 10. The van der Waals surface area contributed by atoms with Gasteiger partial charge in [-0.25, -0.2) is 5.84 Å². The molecule has 1 saturated heterocycles. The molecule has 0 aliphatic carbocycles. The lowest BCUT2D eigenvalue weighted by Gasteiger charge is -2.40. The summed E-state index contributed by atoms with van der Waals surface area (Å²) in [6.07, 6.45) is -18.6. The highest BCUT2D eigenvalue weighted by molar-refractivity contribution is 5.80. The molecule has 1 rings (SSSR count). The second kappa shape index (κ2) is 8.22. The first-order valence-corrected chi connectivity index (χ1v) is 6.37. The normalized spacial score (nSPS) is 35.7. The van der Waals surface area contributed by atoms with E-state index in [2.05, 4.69) is 4.74 Å². The van der Waals surface area contributed by atoms with E-state index in [-0.39, 0.29) is 0 Å². The number of aliphatic hydroxyl groups is 8. The van der Waals surface area contributed by atoms with Crippen molar-refractivity contribution in [1.82, 2.24) is 5.43 Å². The second-order valence-electron chi connectivity index (χ2n) is 4.83. The van der Waals surface area contributed by atoms with Crippen LogP contribution in [0.1, 0.15) is 0 Å². The van der Waals surface area contributed by atoms with E-state index in [9.17, 15) is 45.6 Å². The third-order valence-electron chi connectivity index (χ3n) is 3.20. The average Bonchev–Trinajstić information content (AvgIpc) is 2.52. The van der Waals surface area contributed by atoms with E-state index in [0.717, 1.165) is 0 Å². The van der Waals surface area contributed by atoms with Crippen molar-refractivity contribution < 1.29 is 55.1 Å². The summed E-state index contributed by atoms with van der Waals surface area (Å²) in [5.74, 6) is 3.48. The van der Waals surface area contributed by atoms with Crippen LogP contribution in [0, 0.1) is 0 Å². The topological polar surface area (TPSA) is 235 Å². The van der Waals surface area contributed by atoms with Crippen LogP contribution in [0.25, 0.3) is 0 Å². The van der Waals surface area contributed by atoms with Gasteiger partial charge in [0.25, 0.3) is 5.91 Å². The Kier molecular flexibility index (Phi) is 7.18. The van der Waals surface area contributed by atoms with Gasteiger partial charge in [0.1, 0.15) is 30.5 Å². The second-order valence-corrected chi connectivity index (χ2v) is 4.83. The molecule has 13 heteroatoms. The van der Waals surface area contributed by atoms with Crippen molar-refractivity contribution >= 4 is 5.91 Å². The Balaban J connectivity index is 2.85. The Hall–Kier alpha value is -0.970. The van der Waals surface area contributed by atoms with Crippen molar-refractivity contribution in [2.45, 2.75) is 55.5 Å². The summed E-state index contributed by atoms with van der Waals surface area (Å²) in [5, 5.41) is 75.3. The number of ether oxygens (including phenoxy) is 2. The summed E-state index contributed by atoms with van der Waals surface area (Å²) in [4.78, 5) is 11.1. The fraction of sp³-hybridized carbons (Fsp3) is 0.900. The van der Waals surface area contributed by atoms with E-state index >= 15 is 0 Å². The molecule has 13 nitrogen and oxygen atoms in total. The number of hydrogen-bond acceptors (Lipinski definition) is 12. The minimum atomic E-state index is -2.46. The Morgan fingerprint density at radius 3 is 2.09 bits per heavy atom. The zero-order valence-corrected chi connectivity index (χ0v) is 11.6. The molecular weight excluding hydrogens is 324 g/mol. The van der Waals surface area contributed by atoms with E-state index in [0.29, 0.717) is 0 Å². The van der Waals surface area contributed by atoms with E-state index in [4.69, 9.17) is 10.6 Å². The van der Waals surface area contributed by atoms with E-state index in [1.807, 2.05) is 0 Å². The standard InChI is InChI=1S/C10H20N2O11/c11-12-7(18)3(15)2(14)6(8(19)20)22-10-5(17)1(13)4(16)9(21)23-10/h1-6,8-10,13-17,19-21H,11H2,(H,12,18)/t1?,2?,3?,4?,5-,6?,9?,10?/m0/s1. The molecule has 0 bridgehead atoms. The molecule has 0 saturated carbocycles. The van der Waals surface area contributed by atoms with Gasteiger partial charge in [0.2, 0.25) is 0 Å². The Morgan fingerprint density at radius 2 is 1.61 bits per heavy atom. The zero-order valence-electron chi connectivity index (χ0n) is 11.6. The van der Waals surface area contributed by atoms with Gasteiger partial charge in [0.15, 0.2) is 25.0 Å². The summed E-state index contributed by atoms with van der Waals surface area (Å²) < 4.78 is 9.41. The monoisotopic (exact) mass is 344 g/mol. The van der Waals surface area contributed by atoms with Crippen LogP contribution in [0.15, 0.2) is 0 Å². The maximum atomic E-state index is 11.1. The van der Waals surface area contributed by atoms with Crippen LogP contribution in [0.5, 0.6) is 0 Å². The smallest absolute Gasteiger partial charge is 0.265 e. The Morgan fingerprint density at radius 1 is 1.04 bits per heavy atom. The minimum absolute atomic E-state index is 1.27. The lowest BCUT2D eigenvalue weighted by molar-refractivity contribution is -0.364. The van der Waals surface area contributed by atoms with Gasteiger partial charge < -0.3 is 50.3 Å². The van der Waals surface area contributed by atoms with Gasteiger partial charge in [0.05, 0.1) is 0 Å². The molecule has 0 aromatic heterocycles. The molecule has 0 spiro atoms. The molecule has 1 fully saturated rings. The highest BCUT2D eigenvalue weighted by Gasteiger charge is 2.47. The van der Waals surface area contributed by atoms with Crippen molar-refractivity contribution in [3.63, 3.8) is 0 Å². The molecule has 1 aliphatic rings. The minimum Gasteiger partial charge on any atom is -0.387 e. The summed E-state index contributed by atoms with van der Waals surface area (Å²) in [6.45, 7) is 0. The fourth-order valence-electron chi connectivity index (χ4n) is 1.84. The summed E-state index contributed by atoms with van der Waals surface area (Å²) in [7, 11) is 0. The highest BCUT2D eigenvalue weighted by atomic mass is 16.8.